The average Bonchev–Trinajstić information content (AvgIpc) is 3.05. The van der Waals surface area contributed by atoms with Gasteiger partial charge in [0.25, 0.3) is 0 Å². The highest BCUT2D eigenvalue weighted by Crippen LogP contribution is 2.31. The number of piperidine rings is 1. The lowest BCUT2D eigenvalue weighted by molar-refractivity contribution is 0.192. The van der Waals surface area contributed by atoms with Gasteiger partial charge in [0, 0.05) is 18.6 Å². The summed E-state index contributed by atoms with van der Waals surface area (Å²) in [6.07, 6.45) is 6.26. The van der Waals surface area contributed by atoms with Crippen LogP contribution in [0.15, 0.2) is 54.6 Å². The van der Waals surface area contributed by atoms with Crippen molar-refractivity contribution in [2.75, 3.05) is 19.6 Å². The second-order valence-electron chi connectivity index (χ2n) is 7.31. The molecule has 4 rings (SSSR count). The number of aryl methyl sites for hydroxylation is 1. The van der Waals surface area contributed by atoms with Gasteiger partial charge in [0.05, 0.1) is 0 Å². The summed E-state index contributed by atoms with van der Waals surface area (Å²) in [5.74, 6) is 0. The van der Waals surface area contributed by atoms with E-state index in [4.69, 9.17) is 0 Å². The van der Waals surface area contributed by atoms with E-state index in [1.807, 2.05) is 0 Å². The number of fused-ring (bicyclic) bond motifs is 1. The lowest BCUT2D eigenvalue weighted by Gasteiger charge is -2.34. The van der Waals surface area contributed by atoms with Gasteiger partial charge < -0.3 is 10.2 Å². The third-order valence-electron chi connectivity index (χ3n) is 5.72. The normalized spacial score (nSPS) is 21.8. The van der Waals surface area contributed by atoms with Crippen molar-refractivity contribution in [2.45, 2.75) is 44.2 Å². The molecule has 2 aromatic rings. The van der Waals surface area contributed by atoms with Gasteiger partial charge in [0.2, 0.25) is 0 Å². The van der Waals surface area contributed by atoms with Crippen LogP contribution in [0.25, 0.3) is 0 Å². The molecule has 1 aliphatic carbocycles. The van der Waals surface area contributed by atoms with Crippen molar-refractivity contribution in [1.29, 1.82) is 0 Å². The molecular weight excluding hydrogens is 292 g/mol. The number of nitrogens with zero attached hydrogens (tertiary/aromatic N) is 1. The van der Waals surface area contributed by atoms with E-state index in [2.05, 4.69) is 64.8 Å². The van der Waals surface area contributed by atoms with E-state index in [-0.39, 0.29) is 0 Å². The molecule has 0 spiro atoms. The fraction of sp³-hybridized carbons (Fsp3) is 0.455. The molecule has 0 amide bonds. The largest absolute Gasteiger partial charge is 0.307 e. The van der Waals surface area contributed by atoms with Crippen LogP contribution in [0, 0.1) is 0 Å². The van der Waals surface area contributed by atoms with Crippen molar-refractivity contribution in [1.82, 2.24) is 10.2 Å². The van der Waals surface area contributed by atoms with Crippen LogP contribution in [0.3, 0.4) is 0 Å². The maximum atomic E-state index is 3.94. The number of nitrogens with one attached hydrogen (secondary N) is 1. The van der Waals surface area contributed by atoms with Crippen molar-refractivity contribution < 1.29 is 0 Å². The molecule has 126 valence electrons. The molecule has 0 bridgehead atoms. The molecule has 1 N–H and O–H groups in total. The van der Waals surface area contributed by atoms with Gasteiger partial charge in [-0.2, -0.15) is 0 Å². The molecule has 1 saturated heterocycles. The first-order valence-electron chi connectivity index (χ1n) is 9.48. The van der Waals surface area contributed by atoms with Crippen molar-refractivity contribution in [3.63, 3.8) is 0 Å². The molecule has 1 unspecified atom stereocenters. The van der Waals surface area contributed by atoms with Crippen LogP contribution < -0.4 is 5.32 Å². The van der Waals surface area contributed by atoms with E-state index in [0.717, 1.165) is 0 Å². The van der Waals surface area contributed by atoms with E-state index >= 15 is 0 Å². The molecule has 0 saturated carbocycles. The van der Waals surface area contributed by atoms with Crippen LogP contribution in [0.5, 0.6) is 0 Å². The summed E-state index contributed by atoms with van der Waals surface area (Å²) >= 11 is 0. The van der Waals surface area contributed by atoms with Crippen molar-refractivity contribution >= 4 is 0 Å². The topological polar surface area (TPSA) is 15.3 Å². The van der Waals surface area contributed by atoms with Crippen LogP contribution in [-0.2, 0) is 12.8 Å². The Balaban J connectivity index is 1.24. The van der Waals surface area contributed by atoms with E-state index < -0.39 is 0 Å². The highest BCUT2D eigenvalue weighted by atomic mass is 15.1. The maximum Gasteiger partial charge on any atom is 0.0328 e. The molecule has 1 fully saturated rings. The number of benzene rings is 2. The minimum atomic E-state index is 0.585. The Morgan fingerprint density at radius 3 is 2.46 bits per heavy atom. The minimum absolute atomic E-state index is 0.585. The Hall–Kier alpha value is -1.64. The molecule has 1 aliphatic heterocycles. The first-order valence-corrected chi connectivity index (χ1v) is 9.48. The van der Waals surface area contributed by atoms with Gasteiger partial charge in [0.15, 0.2) is 0 Å². The fourth-order valence-corrected chi connectivity index (χ4v) is 4.27. The second-order valence-corrected chi connectivity index (χ2v) is 7.31. The predicted octanol–water partition coefficient (Wildman–Crippen LogP) is 3.97. The van der Waals surface area contributed by atoms with Gasteiger partial charge in [-0.1, -0.05) is 54.6 Å². The number of rotatable bonds is 5. The van der Waals surface area contributed by atoms with Crippen LogP contribution in [-0.4, -0.2) is 30.6 Å². The maximum absolute atomic E-state index is 3.94. The molecule has 2 heteroatoms. The lowest BCUT2D eigenvalue weighted by atomic mass is 10.0. The molecule has 2 aliphatic rings. The van der Waals surface area contributed by atoms with E-state index in [1.54, 1.807) is 11.1 Å². The summed E-state index contributed by atoms with van der Waals surface area (Å²) in [4.78, 5) is 2.63. The zero-order chi connectivity index (χ0) is 16.2. The zero-order valence-corrected chi connectivity index (χ0v) is 14.5. The molecule has 1 heterocycles. The monoisotopic (exact) mass is 320 g/mol. The van der Waals surface area contributed by atoms with Crippen LogP contribution in [0.4, 0.5) is 0 Å². The SMILES string of the molecule is c1ccc(CCN2CCC(NC3CCc4ccccc43)CC2)cc1. The highest BCUT2D eigenvalue weighted by Gasteiger charge is 2.26. The van der Waals surface area contributed by atoms with Gasteiger partial charge in [-0.15, -0.1) is 0 Å². The van der Waals surface area contributed by atoms with Crippen molar-refractivity contribution in [3.8, 4) is 0 Å². The number of hydrogen-bond donors (Lipinski definition) is 1. The summed E-state index contributed by atoms with van der Waals surface area (Å²) in [5, 5.41) is 3.94. The summed E-state index contributed by atoms with van der Waals surface area (Å²) in [5.41, 5.74) is 4.56. The first kappa shape index (κ1) is 15.9. The quantitative estimate of drug-likeness (QED) is 0.897. The molecule has 2 nitrogen and oxygen atoms in total. The molecule has 1 atom stereocenters. The van der Waals surface area contributed by atoms with Crippen LogP contribution in [0.1, 0.15) is 42.0 Å². The third-order valence-corrected chi connectivity index (χ3v) is 5.72. The fourth-order valence-electron chi connectivity index (χ4n) is 4.27. The summed E-state index contributed by atoms with van der Waals surface area (Å²) in [6.45, 7) is 3.67. The predicted molar refractivity (Wildman–Crippen MR) is 100 cm³/mol. The van der Waals surface area contributed by atoms with Crippen LogP contribution >= 0.6 is 0 Å². The van der Waals surface area contributed by atoms with E-state index in [0.29, 0.717) is 12.1 Å². The summed E-state index contributed by atoms with van der Waals surface area (Å²) in [7, 11) is 0. The van der Waals surface area contributed by atoms with Gasteiger partial charge in [-0.25, -0.2) is 0 Å². The summed E-state index contributed by atoms with van der Waals surface area (Å²) in [6, 6.07) is 21.1. The standard InChI is InChI=1S/C22H28N2/c1-2-6-18(7-3-1)12-15-24-16-13-20(14-17-24)23-22-11-10-19-8-4-5-9-21(19)22/h1-9,20,22-23H,10-17H2. The lowest BCUT2D eigenvalue weighted by Crippen LogP contribution is -2.43. The van der Waals surface area contributed by atoms with Gasteiger partial charge in [0.1, 0.15) is 0 Å². The van der Waals surface area contributed by atoms with Crippen molar-refractivity contribution in [2.24, 2.45) is 0 Å². The highest BCUT2D eigenvalue weighted by molar-refractivity contribution is 5.34. The molecule has 0 radical (unpaired) electrons. The van der Waals surface area contributed by atoms with Gasteiger partial charge in [-0.05, 0) is 61.9 Å². The number of likely N-dealkylation sites (tertiary alicyclic amines) is 1. The second kappa shape index (κ2) is 7.50. The minimum Gasteiger partial charge on any atom is -0.307 e. The molecule has 24 heavy (non-hydrogen) atoms. The summed E-state index contributed by atoms with van der Waals surface area (Å²) < 4.78 is 0. The smallest absolute Gasteiger partial charge is 0.0328 e. The Bertz CT molecular complexity index is 644. The van der Waals surface area contributed by atoms with E-state index in [9.17, 15) is 0 Å². The average molecular weight is 320 g/mol. The molecule has 2 aromatic carbocycles. The van der Waals surface area contributed by atoms with Crippen molar-refractivity contribution in [3.05, 3.63) is 71.3 Å². The zero-order valence-electron chi connectivity index (χ0n) is 14.5. The number of hydrogen-bond acceptors (Lipinski definition) is 2. The Kier molecular flexibility index (Phi) is 4.96. The Morgan fingerprint density at radius 1 is 0.875 bits per heavy atom. The third kappa shape index (κ3) is 3.71. The Morgan fingerprint density at radius 2 is 1.62 bits per heavy atom. The van der Waals surface area contributed by atoms with E-state index in [1.165, 1.54) is 57.3 Å². The molecule has 0 aromatic heterocycles. The molecular formula is C22H28N2. The van der Waals surface area contributed by atoms with Gasteiger partial charge >= 0.3 is 0 Å². The van der Waals surface area contributed by atoms with Crippen LogP contribution in [0.2, 0.25) is 0 Å². The first-order chi connectivity index (χ1) is 11.9. The van der Waals surface area contributed by atoms with Gasteiger partial charge in [-0.3, -0.25) is 0 Å². The Labute approximate surface area is 145 Å².